The van der Waals surface area contributed by atoms with Gasteiger partial charge in [0.25, 0.3) is 0 Å². The number of halogens is 1. The minimum absolute atomic E-state index is 0.0874. The summed E-state index contributed by atoms with van der Waals surface area (Å²) < 4.78 is 4.84. The first-order chi connectivity index (χ1) is 13.8. The third kappa shape index (κ3) is 5.48. The summed E-state index contributed by atoms with van der Waals surface area (Å²) in [6.07, 6.45) is 2.69. The third-order valence-electron chi connectivity index (χ3n) is 4.83. The van der Waals surface area contributed by atoms with E-state index in [9.17, 15) is 9.59 Å². The van der Waals surface area contributed by atoms with E-state index >= 15 is 0 Å². The number of hydrogen-bond donors (Lipinski definition) is 1. The first-order valence-electron chi connectivity index (χ1n) is 9.78. The molecule has 1 aromatic carbocycles. The summed E-state index contributed by atoms with van der Waals surface area (Å²) >= 11 is 6.20. The number of aryl methyl sites for hydroxylation is 1. The van der Waals surface area contributed by atoms with E-state index in [2.05, 4.69) is 41.2 Å². The molecule has 0 radical (unpaired) electrons. The summed E-state index contributed by atoms with van der Waals surface area (Å²) in [6.45, 7) is 11.8. The van der Waals surface area contributed by atoms with Gasteiger partial charge in [0.15, 0.2) is 0 Å². The van der Waals surface area contributed by atoms with Crippen LogP contribution in [-0.2, 0) is 9.53 Å². The number of nitrogens with one attached hydrogen (secondary N) is 1. The maximum atomic E-state index is 12.3. The number of carbonyl (C=O) groups excluding carboxylic acids is 2. The molecule has 0 fully saturated rings. The lowest BCUT2D eigenvalue weighted by Crippen LogP contribution is -2.31. The second-order valence-electron chi connectivity index (χ2n) is 6.70. The van der Waals surface area contributed by atoms with Gasteiger partial charge in [0.05, 0.1) is 23.0 Å². The molecule has 1 atom stereocenters. The number of allylic oxidation sites excluding steroid dienone is 3. The SMILES string of the molecule is CCOC(=O)NC1=C[C@H](C=Nc2ccc(N(CC)CC)cc2C)C(C)=C(Cl)C1=O. The van der Waals surface area contributed by atoms with Crippen LogP contribution in [-0.4, -0.2) is 37.8 Å². The van der Waals surface area contributed by atoms with E-state index < -0.39 is 11.9 Å². The molecule has 0 saturated heterocycles. The van der Waals surface area contributed by atoms with Crippen molar-refractivity contribution in [3.05, 3.63) is 46.1 Å². The first kappa shape index (κ1) is 22.7. The molecule has 0 spiro atoms. The second kappa shape index (κ2) is 10.3. The predicted octanol–water partition coefficient (Wildman–Crippen LogP) is 4.89. The Morgan fingerprint density at radius 3 is 2.55 bits per heavy atom. The largest absolute Gasteiger partial charge is 0.450 e. The molecule has 156 valence electrons. The van der Waals surface area contributed by atoms with Crippen molar-refractivity contribution >= 4 is 41.1 Å². The average Bonchev–Trinajstić information content (AvgIpc) is 2.69. The van der Waals surface area contributed by atoms with Gasteiger partial charge in [-0.25, -0.2) is 4.79 Å². The molecular weight excluding hydrogens is 390 g/mol. The normalized spacial score (nSPS) is 16.8. The number of amides is 1. The molecule has 2 rings (SSSR count). The summed E-state index contributed by atoms with van der Waals surface area (Å²) in [5.74, 6) is -0.736. The van der Waals surface area contributed by atoms with E-state index in [1.807, 2.05) is 13.0 Å². The van der Waals surface area contributed by atoms with Crippen molar-refractivity contribution in [3.63, 3.8) is 0 Å². The van der Waals surface area contributed by atoms with Crippen molar-refractivity contribution in [2.24, 2.45) is 10.9 Å². The van der Waals surface area contributed by atoms with Crippen LogP contribution in [0.3, 0.4) is 0 Å². The highest BCUT2D eigenvalue weighted by molar-refractivity contribution is 6.46. The van der Waals surface area contributed by atoms with Gasteiger partial charge in [-0.15, -0.1) is 0 Å². The molecule has 1 aliphatic rings. The van der Waals surface area contributed by atoms with E-state index in [1.54, 1.807) is 26.1 Å². The lowest BCUT2D eigenvalue weighted by molar-refractivity contribution is -0.112. The number of benzene rings is 1. The van der Waals surface area contributed by atoms with Gasteiger partial charge >= 0.3 is 6.09 Å². The molecular formula is C22H28ClN3O3. The number of ether oxygens (including phenoxy) is 1. The summed E-state index contributed by atoms with van der Waals surface area (Å²) in [4.78, 5) is 30.9. The van der Waals surface area contributed by atoms with E-state index in [-0.39, 0.29) is 23.3 Å². The molecule has 29 heavy (non-hydrogen) atoms. The fraction of sp³-hybridized carbons (Fsp3) is 0.409. The van der Waals surface area contributed by atoms with Crippen LogP contribution in [0, 0.1) is 12.8 Å². The molecule has 1 N–H and O–H groups in total. The Morgan fingerprint density at radius 1 is 1.28 bits per heavy atom. The molecule has 0 heterocycles. The maximum absolute atomic E-state index is 12.3. The number of ketones is 1. The monoisotopic (exact) mass is 417 g/mol. The number of hydrogen-bond acceptors (Lipinski definition) is 5. The van der Waals surface area contributed by atoms with Crippen LogP contribution in [0.15, 0.2) is 45.6 Å². The Hall–Kier alpha value is -2.60. The fourth-order valence-electron chi connectivity index (χ4n) is 3.08. The Bertz CT molecular complexity index is 870. The van der Waals surface area contributed by atoms with Crippen LogP contribution in [0.25, 0.3) is 0 Å². The van der Waals surface area contributed by atoms with Crippen LogP contribution in [0.2, 0.25) is 0 Å². The smallest absolute Gasteiger partial charge is 0.411 e. The summed E-state index contributed by atoms with van der Waals surface area (Å²) in [5.41, 5.74) is 3.85. The summed E-state index contributed by atoms with van der Waals surface area (Å²) in [5, 5.41) is 2.54. The van der Waals surface area contributed by atoms with Gasteiger partial charge in [-0.05, 0) is 70.0 Å². The molecule has 0 unspecified atom stereocenters. The van der Waals surface area contributed by atoms with Gasteiger partial charge in [-0.1, -0.05) is 11.6 Å². The van der Waals surface area contributed by atoms with Gasteiger partial charge in [0, 0.05) is 30.9 Å². The Balaban J connectivity index is 2.26. The lowest BCUT2D eigenvalue weighted by atomic mass is 9.93. The van der Waals surface area contributed by atoms with E-state index in [0.717, 1.165) is 30.0 Å². The zero-order chi connectivity index (χ0) is 21.6. The van der Waals surface area contributed by atoms with Gasteiger partial charge in [-0.2, -0.15) is 0 Å². The number of Topliss-reactive ketones (excluding diaryl/α,β-unsaturated/α-hetero) is 1. The Kier molecular flexibility index (Phi) is 8.02. The number of alkyl carbamates (subject to hydrolysis) is 1. The highest BCUT2D eigenvalue weighted by atomic mass is 35.5. The highest BCUT2D eigenvalue weighted by Crippen LogP contribution is 2.29. The van der Waals surface area contributed by atoms with Crippen LogP contribution < -0.4 is 10.2 Å². The van der Waals surface area contributed by atoms with E-state index in [1.165, 1.54) is 0 Å². The van der Waals surface area contributed by atoms with Crippen molar-refractivity contribution < 1.29 is 14.3 Å². The zero-order valence-corrected chi connectivity index (χ0v) is 18.3. The van der Waals surface area contributed by atoms with Crippen molar-refractivity contribution in [1.82, 2.24) is 5.32 Å². The summed E-state index contributed by atoms with van der Waals surface area (Å²) in [6, 6.07) is 6.15. The molecule has 6 nitrogen and oxygen atoms in total. The minimum atomic E-state index is -0.686. The van der Waals surface area contributed by atoms with Crippen molar-refractivity contribution in [2.75, 3.05) is 24.6 Å². The molecule has 1 aromatic rings. The van der Waals surface area contributed by atoms with Gasteiger partial charge in [0.1, 0.15) is 0 Å². The molecule has 0 aromatic heterocycles. The third-order valence-corrected chi connectivity index (χ3v) is 5.30. The maximum Gasteiger partial charge on any atom is 0.411 e. The zero-order valence-electron chi connectivity index (χ0n) is 17.6. The van der Waals surface area contributed by atoms with Crippen molar-refractivity contribution in [3.8, 4) is 0 Å². The van der Waals surface area contributed by atoms with E-state index in [0.29, 0.717) is 5.57 Å². The number of aliphatic imine (C=N–C) groups is 1. The second-order valence-corrected chi connectivity index (χ2v) is 7.08. The van der Waals surface area contributed by atoms with Crippen LogP contribution >= 0.6 is 11.6 Å². The topological polar surface area (TPSA) is 71.0 Å². The van der Waals surface area contributed by atoms with Gasteiger partial charge in [0.2, 0.25) is 5.78 Å². The molecule has 1 aliphatic carbocycles. The summed E-state index contributed by atoms with van der Waals surface area (Å²) in [7, 11) is 0. The molecule has 0 bridgehead atoms. The fourth-order valence-corrected chi connectivity index (χ4v) is 3.31. The first-order valence-corrected chi connectivity index (χ1v) is 10.2. The van der Waals surface area contributed by atoms with Gasteiger partial charge < -0.3 is 9.64 Å². The molecule has 0 aliphatic heterocycles. The lowest BCUT2D eigenvalue weighted by Gasteiger charge is -2.22. The Labute approximate surface area is 177 Å². The number of carbonyl (C=O) groups is 2. The average molecular weight is 418 g/mol. The number of nitrogens with zero attached hydrogens (tertiary/aromatic N) is 2. The Morgan fingerprint density at radius 2 is 1.97 bits per heavy atom. The van der Waals surface area contributed by atoms with Crippen LogP contribution in [0.4, 0.5) is 16.2 Å². The standard InChI is InChI=1S/C22H28ClN3O3/c1-6-26(7-2)17-9-10-18(14(4)11-17)24-13-16-12-19(25-22(28)29-8-3)21(27)20(23)15(16)5/h9-13,16H,6-8H2,1-5H3,(H,25,28)/t16-/m1/s1. The molecule has 0 saturated carbocycles. The van der Waals surface area contributed by atoms with Crippen LogP contribution in [0.1, 0.15) is 33.3 Å². The van der Waals surface area contributed by atoms with E-state index in [4.69, 9.17) is 16.3 Å². The minimum Gasteiger partial charge on any atom is -0.450 e. The quantitative estimate of drug-likeness (QED) is 0.641. The van der Waals surface area contributed by atoms with Crippen molar-refractivity contribution in [2.45, 2.75) is 34.6 Å². The number of rotatable bonds is 7. The molecule has 7 heteroatoms. The van der Waals surface area contributed by atoms with Crippen molar-refractivity contribution in [1.29, 1.82) is 0 Å². The van der Waals surface area contributed by atoms with Crippen LogP contribution in [0.5, 0.6) is 0 Å². The number of anilines is 1. The molecule has 1 amide bonds. The van der Waals surface area contributed by atoms with Gasteiger partial charge in [-0.3, -0.25) is 15.1 Å². The highest BCUT2D eigenvalue weighted by Gasteiger charge is 2.27. The predicted molar refractivity (Wildman–Crippen MR) is 118 cm³/mol.